The van der Waals surface area contributed by atoms with Crippen molar-refractivity contribution in [2.75, 3.05) is 24.8 Å². The Morgan fingerprint density at radius 2 is 1.67 bits per heavy atom. The fourth-order valence-electron chi connectivity index (χ4n) is 6.75. The number of halogens is 1. The fraction of sp³-hybridized carbons (Fsp3) is 0.474. The second-order valence-electron chi connectivity index (χ2n) is 15.0. The van der Waals surface area contributed by atoms with E-state index < -0.39 is 14.4 Å². The van der Waals surface area contributed by atoms with Gasteiger partial charge < -0.3 is 24.0 Å². The Bertz CT molecular complexity index is 1680. The fourth-order valence-corrected chi connectivity index (χ4v) is 7.93. The lowest BCUT2D eigenvalue weighted by Crippen LogP contribution is -2.48. The molecule has 0 spiro atoms. The molecule has 3 fully saturated rings. The highest BCUT2D eigenvalue weighted by Crippen LogP contribution is 2.48. The van der Waals surface area contributed by atoms with Gasteiger partial charge in [0.1, 0.15) is 24.1 Å². The van der Waals surface area contributed by atoms with Gasteiger partial charge in [-0.2, -0.15) is 0 Å². The van der Waals surface area contributed by atoms with E-state index in [1.807, 2.05) is 48.5 Å². The van der Waals surface area contributed by atoms with Crippen LogP contribution in [0.3, 0.4) is 0 Å². The third-order valence-electron chi connectivity index (χ3n) is 10.7. The van der Waals surface area contributed by atoms with Gasteiger partial charge in [-0.15, -0.1) is 0 Å². The predicted molar refractivity (Wildman–Crippen MR) is 196 cm³/mol. The lowest BCUT2D eigenvalue weighted by molar-refractivity contribution is -0.116. The van der Waals surface area contributed by atoms with Gasteiger partial charge in [-0.3, -0.25) is 15.0 Å². The number of epoxide rings is 1. The highest BCUT2D eigenvalue weighted by Gasteiger charge is 2.62. The zero-order valence-electron chi connectivity index (χ0n) is 29.5. The van der Waals surface area contributed by atoms with Gasteiger partial charge in [-0.25, -0.2) is 4.79 Å². The number of hydrogen-bond acceptors (Lipinski definition) is 7. The standard InChI is InChI=1S/C38H48ClN3O6Si/c1-38(2,3)49(6,7)46-22-25-18-28(39)30(21-33(25)45-5)40-34(43)16-14-23-13-15-27(24-11-9-8-10-12-24)29(17-23)41-37(44)47-26-19-31-35-36(48-35)32(20-26)42(31)4/h8-13,15,17-18,21,26,31-32,35-36H,14,16,19-20,22H2,1-7H3,(H,40,43)(H,41,44)/t26?,31-,32+,35-,36+. The average molecular weight is 706 g/mol. The number of likely N-dealkylation sites (N-methyl/N-ethyl adjacent to an activating group) is 1. The monoisotopic (exact) mass is 705 g/mol. The summed E-state index contributed by atoms with van der Waals surface area (Å²) < 4.78 is 23.8. The van der Waals surface area contributed by atoms with Crippen LogP contribution in [0.25, 0.3) is 11.1 Å². The number of piperidine rings is 1. The molecule has 11 heteroatoms. The van der Waals surface area contributed by atoms with Crippen molar-refractivity contribution in [1.29, 1.82) is 0 Å². The van der Waals surface area contributed by atoms with Crippen molar-refractivity contribution < 1.29 is 28.2 Å². The van der Waals surface area contributed by atoms with E-state index in [9.17, 15) is 9.59 Å². The Kier molecular flexibility index (Phi) is 10.2. The molecule has 262 valence electrons. The summed E-state index contributed by atoms with van der Waals surface area (Å²) in [5.74, 6) is 0.421. The summed E-state index contributed by atoms with van der Waals surface area (Å²) in [6.45, 7) is 11.4. The molecule has 2 amide bonds. The maximum Gasteiger partial charge on any atom is 0.411 e. The maximum absolute atomic E-state index is 13.2. The molecule has 0 aliphatic carbocycles. The number of fused-ring (bicyclic) bond motifs is 5. The average Bonchev–Trinajstić information content (AvgIpc) is 3.82. The SMILES string of the molecule is COc1cc(NC(=O)CCc2ccc(-c3ccccc3)c(NC(=O)OC3C[C@@H]4[C@H]5O[C@H]5[C@H](C3)N4C)c2)c(Cl)cc1CO[Si](C)(C)C(C)(C)C. The Hall–Kier alpha value is -3.41. The second-order valence-corrected chi connectivity index (χ2v) is 20.2. The molecule has 2 N–H and O–H groups in total. The van der Waals surface area contributed by atoms with Crippen LogP contribution in [0.4, 0.5) is 16.2 Å². The third-order valence-corrected chi connectivity index (χ3v) is 15.5. The van der Waals surface area contributed by atoms with Crippen LogP contribution in [0, 0.1) is 0 Å². The van der Waals surface area contributed by atoms with Crippen molar-refractivity contribution in [3.8, 4) is 16.9 Å². The summed E-state index contributed by atoms with van der Waals surface area (Å²) in [6, 6.07) is 19.9. The van der Waals surface area contributed by atoms with Crippen LogP contribution in [0.1, 0.15) is 51.2 Å². The number of methoxy groups -OCH3 is 1. The van der Waals surface area contributed by atoms with Crippen LogP contribution in [0.5, 0.6) is 5.75 Å². The zero-order chi connectivity index (χ0) is 35.1. The summed E-state index contributed by atoms with van der Waals surface area (Å²) in [6.07, 6.45) is 2.13. The van der Waals surface area contributed by atoms with E-state index in [0.29, 0.717) is 47.3 Å². The summed E-state index contributed by atoms with van der Waals surface area (Å²) in [5, 5.41) is 6.45. The van der Waals surface area contributed by atoms with Gasteiger partial charge in [0.05, 0.1) is 30.1 Å². The van der Waals surface area contributed by atoms with E-state index >= 15 is 0 Å². The molecule has 3 saturated heterocycles. The molecule has 3 aliphatic heterocycles. The van der Waals surface area contributed by atoms with Gasteiger partial charge in [-0.05, 0) is 54.9 Å². The number of ether oxygens (including phenoxy) is 3. The summed E-state index contributed by atoms with van der Waals surface area (Å²) in [7, 11) is 1.75. The van der Waals surface area contributed by atoms with Crippen molar-refractivity contribution in [2.45, 2.75) is 102 Å². The minimum absolute atomic E-state index is 0.0720. The molecule has 0 radical (unpaired) electrons. The number of amides is 2. The summed E-state index contributed by atoms with van der Waals surface area (Å²) >= 11 is 6.63. The molecule has 0 aromatic heterocycles. The van der Waals surface area contributed by atoms with Crippen LogP contribution in [0.15, 0.2) is 60.7 Å². The number of aryl methyl sites for hydroxylation is 1. The number of benzene rings is 3. The Morgan fingerprint density at radius 3 is 2.33 bits per heavy atom. The Balaban J connectivity index is 1.10. The van der Waals surface area contributed by atoms with Crippen LogP contribution in [-0.4, -0.2) is 69.8 Å². The normalized spacial score (nSPS) is 23.1. The quantitative estimate of drug-likeness (QED) is 0.153. The Labute approximate surface area is 295 Å². The molecule has 9 nitrogen and oxygen atoms in total. The van der Waals surface area contributed by atoms with Gasteiger partial charge in [0.25, 0.3) is 0 Å². The van der Waals surface area contributed by atoms with E-state index in [1.165, 1.54) is 0 Å². The molecule has 1 unspecified atom stereocenters. The molecular weight excluding hydrogens is 658 g/mol. The first-order valence-electron chi connectivity index (χ1n) is 17.1. The van der Waals surface area contributed by atoms with Gasteiger partial charge in [-0.1, -0.05) is 74.8 Å². The summed E-state index contributed by atoms with van der Waals surface area (Å²) in [4.78, 5) is 28.7. The molecule has 3 heterocycles. The number of anilines is 2. The molecule has 5 atom stereocenters. The summed E-state index contributed by atoms with van der Waals surface area (Å²) in [5.41, 5.74) is 4.70. The number of carbonyl (C=O) groups is 2. The molecule has 3 aliphatic rings. The minimum Gasteiger partial charge on any atom is -0.496 e. The van der Waals surface area contributed by atoms with E-state index in [1.54, 1.807) is 19.2 Å². The maximum atomic E-state index is 13.2. The topological polar surface area (TPSA) is 102 Å². The van der Waals surface area contributed by atoms with Crippen LogP contribution in [0.2, 0.25) is 23.2 Å². The predicted octanol–water partition coefficient (Wildman–Crippen LogP) is 8.27. The Morgan fingerprint density at radius 1 is 0.980 bits per heavy atom. The smallest absolute Gasteiger partial charge is 0.411 e. The van der Waals surface area contributed by atoms with Crippen molar-refractivity contribution >= 4 is 43.3 Å². The number of morpholine rings is 1. The highest BCUT2D eigenvalue weighted by atomic mass is 35.5. The van der Waals surface area contributed by atoms with E-state index in [2.05, 4.69) is 56.4 Å². The van der Waals surface area contributed by atoms with E-state index in [-0.39, 0.29) is 35.7 Å². The molecule has 6 rings (SSSR count). The number of carbonyl (C=O) groups excluding carboxylic acids is 2. The van der Waals surface area contributed by atoms with Crippen molar-refractivity contribution in [1.82, 2.24) is 4.90 Å². The van der Waals surface area contributed by atoms with Gasteiger partial charge in [0.15, 0.2) is 8.32 Å². The van der Waals surface area contributed by atoms with E-state index in [0.717, 1.165) is 35.1 Å². The van der Waals surface area contributed by atoms with Crippen LogP contribution < -0.4 is 15.4 Å². The molecule has 0 saturated carbocycles. The number of nitrogens with zero attached hydrogens (tertiary/aromatic N) is 1. The first-order chi connectivity index (χ1) is 23.2. The minimum atomic E-state index is -1.98. The number of nitrogens with one attached hydrogen (secondary N) is 2. The first-order valence-corrected chi connectivity index (χ1v) is 20.4. The first kappa shape index (κ1) is 35.4. The van der Waals surface area contributed by atoms with Crippen LogP contribution >= 0.6 is 11.6 Å². The van der Waals surface area contributed by atoms with Crippen LogP contribution in [-0.2, 0) is 31.7 Å². The van der Waals surface area contributed by atoms with Gasteiger partial charge in [0, 0.05) is 48.5 Å². The number of rotatable bonds is 11. The molecule has 3 aromatic rings. The van der Waals surface area contributed by atoms with Gasteiger partial charge in [0.2, 0.25) is 5.91 Å². The highest BCUT2D eigenvalue weighted by molar-refractivity contribution is 6.74. The molecule has 2 bridgehead atoms. The van der Waals surface area contributed by atoms with Gasteiger partial charge >= 0.3 is 6.09 Å². The number of hydrogen-bond donors (Lipinski definition) is 2. The van der Waals surface area contributed by atoms with Crippen molar-refractivity contribution in [2.24, 2.45) is 0 Å². The lowest BCUT2D eigenvalue weighted by Gasteiger charge is -2.37. The van der Waals surface area contributed by atoms with Crippen molar-refractivity contribution in [3.05, 3.63) is 76.8 Å². The second kappa shape index (κ2) is 14.1. The zero-order valence-corrected chi connectivity index (χ0v) is 31.2. The molecule has 3 aromatic carbocycles. The molecular formula is C38H48ClN3O6Si. The largest absolute Gasteiger partial charge is 0.496 e. The van der Waals surface area contributed by atoms with E-state index in [4.69, 9.17) is 30.2 Å². The lowest BCUT2D eigenvalue weighted by atomic mass is 9.99. The van der Waals surface area contributed by atoms with Crippen molar-refractivity contribution in [3.63, 3.8) is 0 Å². The molecule has 49 heavy (non-hydrogen) atoms. The third kappa shape index (κ3) is 7.84.